The van der Waals surface area contributed by atoms with E-state index in [9.17, 15) is 13.2 Å². The number of anilines is 1. The zero-order valence-corrected chi connectivity index (χ0v) is 13.3. The first kappa shape index (κ1) is 15.5. The Labute approximate surface area is 131 Å². The number of hydrogen-bond acceptors (Lipinski definition) is 4. The topological polar surface area (TPSA) is 103 Å². The normalized spacial score (nSPS) is 11.3. The van der Waals surface area contributed by atoms with E-state index >= 15 is 0 Å². The molecule has 0 unspecified atom stereocenters. The maximum absolute atomic E-state index is 12.4. The van der Waals surface area contributed by atoms with Crippen molar-refractivity contribution < 1.29 is 13.2 Å². The van der Waals surface area contributed by atoms with Crippen molar-refractivity contribution >= 4 is 37.4 Å². The number of amides is 1. The molecule has 1 amide bonds. The van der Waals surface area contributed by atoms with Crippen LogP contribution < -0.4 is 11.5 Å². The molecule has 0 saturated carbocycles. The first-order valence-electron chi connectivity index (χ1n) is 5.96. The predicted molar refractivity (Wildman–Crippen MR) is 84.4 cm³/mol. The molecule has 0 fully saturated rings. The molecule has 4 N–H and O–H groups in total. The van der Waals surface area contributed by atoms with Crippen LogP contribution in [-0.2, 0) is 15.6 Å². The van der Waals surface area contributed by atoms with E-state index in [1.807, 2.05) is 0 Å². The minimum Gasteiger partial charge on any atom is -0.399 e. The van der Waals surface area contributed by atoms with Gasteiger partial charge in [-0.1, -0.05) is 12.1 Å². The monoisotopic (exact) mass is 368 g/mol. The summed E-state index contributed by atoms with van der Waals surface area (Å²) in [5.41, 5.74) is 12.0. The van der Waals surface area contributed by atoms with Crippen LogP contribution in [0.3, 0.4) is 0 Å². The van der Waals surface area contributed by atoms with E-state index in [0.29, 0.717) is 15.7 Å². The number of benzene rings is 2. The van der Waals surface area contributed by atoms with Gasteiger partial charge in [-0.15, -0.1) is 0 Å². The highest BCUT2D eigenvalue weighted by molar-refractivity contribution is 9.10. The van der Waals surface area contributed by atoms with Crippen molar-refractivity contribution in [3.63, 3.8) is 0 Å². The van der Waals surface area contributed by atoms with Crippen LogP contribution in [0.15, 0.2) is 51.8 Å². The van der Waals surface area contributed by atoms with E-state index in [2.05, 4.69) is 15.9 Å². The maximum Gasteiger partial charge on any atom is 0.248 e. The second kappa shape index (κ2) is 5.87. The fourth-order valence-electron chi connectivity index (χ4n) is 1.88. The van der Waals surface area contributed by atoms with E-state index in [1.54, 1.807) is 12.1 Å². The molecule has 7 heteroatoms. The molecule has 0 spiro atoms. The Hall–Kier alpha value is -1.86. The quantitative estimate of drug-likeness (QED) is 0.806. The number of sulfone groups is 1. The second-order valence-corrected chi connectivity index (χ2v) is 7.33. The summed E-state index contributed by atoms with van der Waals surface area (Å²) in [5, 5.41) is 0. The molecule has 21 heavy (non-hydrogen) atoms. The van der Waals surface area contributed by atoms with E-state index in [0.717, 1.165) is 0 Å². The number of carbonyl (C=O) groups excluding carboxylic acids is 1. The number of carbonyl (C=O) groups is 1. The van der Waals surface area contributed by atoms with Crippen LogP contribution in [0.25, 0.3) is 0 Å². The highest BCUT2D eigenvalue weighted by atomic mass is 79.9. The minimum atomic E-state index is -3.56. The van der Waals surface area contributed by atoms with Gasteiger partial charge in [0.2, 0.25) is 5.91 Å². The van der Waals surface area contributed by atoms with Gasteiger partial charge in [0, 0.05) is 15.7 Å². The van der Waals surface area contributed by atoms with Crippen LogP contribution in [0.5, 0.6) is 0 Å². The molecule has 2 aromatic carbocycles. The number of nitrogens with two attached hydrogens (primary N) is 2. The molecule has 110 valence electrons. The third kappa shape index (κ3) is 3.62. The van der Waals surface area contributed by atoms with Crippen LogP contribution in [0, 0.1) is 0 Å². The molecule has 2 rings (SSSR count). The number of halogens is 1. The van der Waals surface area contributed by atoms with Gasteiger partial charge in [-0.3, -0.25) is 4.79 Å². The van der Waals surface area contributed by atoms with Gasteiger partial charge in [0.25, 0.3) is 0 Å². The Morgan fingerprint density at radius 1 is 1.14 bits per heavy atom. The lowest BCUT2D eigenvalue weighted by molar-refractivity contribution is 0.1000. The summed E-state index contributed by atoms with van der Waals surface area (Å²) in [6.45, 7) is 0. The smallest absolute Gasteiger partial charge is 0.248 e. The summed E-state index contributed by atoms with van der Waals surface area (Å²) in [5.74, 6) is -0.820. The summed E-state index contributed by atoms with van der Waals surface area (Å²) in [4.78, 5) is 11.3. The van der Waals surface area contributed by atoms with Gasteiger partial charge in [0.05, 0.1) is 10.6 Å². The fraction of sp³-hybridized carbons (Fsp3) is 0.0714. The maximum atomic E-state index is 12.4. The lowest BCUT2D eigenvalue weighted by atomic mass is 10.1. The van der Waals surface area contributed by atoms with E-state index in [4.69, 9.17) is 11.5 Å². The van der Waals surface area contributed by atoms with Gasteiger partial charge in [-0.25, -0.2) is 8.42 Å². The lowest BCUT2D eigenvalue weighted by Crippen LogP contribution is -2.12. The average molecular weight is 369 g/mol. The van der Waals surface area contributed by atoms with E-state index < -0.39 is 15.7 Å². The van der Waals surface area contributed by atoms with Crippen LogP contribution in [-0.4, -0.2) is 14.3 Å². The summed E-state index contributed by atoms with van der Waals surface area (Å²) < 4.78 is 25.3. The van der Waals surface area contributed by atoms with Crippen molar-refractivity contribution in [1.29, 1.82) is 0 Å². The Balaban J connectivity index is 2.37. The van der Waals surface area contributed by atoms with Crippen LogP contribution >= 0.6 is 15.9 Å². The van der Waals surface area contributed by atoms with Gasteiger partial charge in [-0.05, 0) is 51.8 Å². The zero-order valence-electron chi connectivity index (χ0n) is 10.9. The Morgan fingerprint density at radius 2 is 1.86 bits per heavy atom. The molecule has 0 heterocycles. The molecule has 0 saturated heterocycles. The molecule has 0 bridgehead atoms. The van der Waals surface area contributed by atoms with E-state index in [-0.39, 0.29) is 16.2 Å². The van der Waals surface area contributed by atoms with Gasteiger partial charge >= 0.3 is 0 Å². The van der Waals surface area contributed by atoms with Crippen LogP contribution in [0.4, 0.5) is 5.69 Å². The average Bonchev–Trinajstić information content (AvgIpc) is 2.37. The van der Waals surface area contributed by atoms with Crippen molar-refractivity contribution in [1.82, 2.24) is 0 Å². The van der Waals surface area contributed by atoms with Crippen molar-refractivity contribution in [2.24, 2.45) is 5.73 Å². The molecule has 0 aliphatic carbocycles. The highest BCUT2D eigenvalue weighted by Crippen LogP contribution is 2.27. The molecule has 0 aliphatic rings. The molecular formula is C14H13BrN2O3S. The summed E-state index contributed by atoms with van der Waals surface area (Å²) in [6.07, 6.45) is 0. The molecule has 0 atom stereocenters. The molecular weight excluding hydrogens is 356 g/mol. The molecule has 0 radical (unpaired) electrons. The van der Waals surface area contributed by atoms with Gasteiger partial charge in [0.1, 0.15) is 0 Å². The van der Waals surface area contributed by atoms with Gasteiger partial charge < -0.3 is 11.5 Å². The molecule has 0 aliphatic heterocycles. The van der Waals surface area contributed by atoms with Crippen molar-refractivity contribution in [2.75, 3.05) is 5.73 Å². The zero-order chi connectivity index (χ0) is 15.6. The number of nitrogen functional groups attached to an aromatic ring is 1. The lowest BCUT2D eigenvalue weighted by Gasteiger charge is -2.08. The van der Waals surface area contributed by atoms with Crippen molar-refractivity contribution in [2.45, 2.75) is 10.6 Å². The summed E-state index contributed by atoms with van der Waals surface area (Å²) in [6, 6.07) is 10.8. The number of rotatable bonds is 4. The van der Waals surface area contributed by atoms with Crippen LogP contribution in [0.1, 0.15) is 15.9 Å². The molecule has 5 nitrogen and oxygen atoms in total. The van der Waals surface area contributed by atoms with Crippen molar-refractivity contribution in [3.8, 4) is 0 Å². The van der Waals surface area contributed by atoms with E-state index in [1.165, 1.54) is 30.3 Å². The Morgan fingerprint density at radius 3 is 2.48 bits per heavy atom. The molecule has 0 aromatic heterocycles. The minimum absolute atomic E-state index is 0.154. The van der Waals surface area contributed by atoms with Gasteiger partial charge in [-0.2, -0.15) is 0 Å². The fourth-order valence-corrected chi connectivity index (χ4v) is 4.42. The third-order valence-electron chi connectivity index (χ3n) is 2.86. The van der Waals surface area contributed by atoms with Crippen LogP contribution in [0.2, 0.25) is 0 Å². The SMILES string of the molecule is NC(=O)c1cccc(CS(=O)(=O)c2ccc(N)cc2Br)c1. The second-order valence-electron chi connectivity index (χ2n) is 4.51. The third-order valence-corrected chi connectivity index (χ3v) is 5.52. The highest BCUT2D eigenvalue weighted by Gasteiger charge is 2.19. The van der Waals surface area contributed by atoms with Crippen molar-refractivity contribution in [3.05, 3.63) is 58.1 Å². The number of primary amides is 1. The summed E-state index contributed by atoms with van der Waals surface area (Å²) in [7, 11) is -3.56. The summed E-state index contributed by atoms with van der Waals surface area (Å²) >= 11 is 3.20. The number of hydrogen-bond donors (Lipinski definition) is 2. The Kier molecular flexibility index (Phi) is 4.34. The first-order chi connectivity index (χ1) is 9.79. The molecule has 2 aromatic rings. The largest absolute Gasteiger partial charge is 0.399 e. The first-order valence-corrected chi connectivity index (χ1v) is 8.40. The Bertz CT molecular complexity index is 804. The van der Waals surface area contributed by atoms with Gasteiger partial charge in [0.15, 0.2) is 9.84 Å². The standard InChI is InChI=1S/C14H13BrN2O3S/c15-12-7-11(16)4-5-13(12)21(19,20)8-9-2-1-3-10(6-9)14(17)18/h1-7H,8,16H2,(H2,17,18). The predicted octanol–water partition coefficient (Wildman–Crippen LogP) is 2.10.